The molecule has 0 unspecified atom stereocenters. The lowest BCUT2D eigenvalue weighted by atomic mass is 9.74. The number of nitrogens with one attached hydrogen (secondary N) is 2. The fourth-order valence-corrected chi connectivity index (χ4v) is 8.91. The lowest BCUT2D eigenvalue weighted by Crippen LogP contribution is -2.52. The lowest BCUT2D eigenvalue weighted by molar-refractivity contribution is -0.159. The molecule has 0 radical (unpaired) electrons. The van der Waals surface area contributed by atoms with E-state index in [9.17, 15) is 14.4 Å². The van der Waals surface area contributed by atoms with Gasteiger partial charge in [0.25, 0.3) is 5.91 Å². The summed E-state index contributed by atoms with van der Waals surface area (Å²) < 4.78 is 32.8. The van der Waals surface area contributed by atoms with Gasteiger partial charge in [0.2, 0.25) is 5.91 Å². The van der Waals surface area contributed by atoms with Gasteiger partial charge in [-0.25, -0.2) is 4.39 Å². The molecule has 3 saturated carbocycles. The molecule has 3 aromatic carbocycles. The van der Waals surface area contributed by atoms with Gasteiger partial charge in [-0.3, -0.25) is 14.4 Å². The van der Waals surface area contributed by atoms with Gasteiger partial charge in [-0.1, -0.05) is 74.9 Å². The molecule has 5 atom stereocenters. The number of benzene rings is 3. The topological polar surface area (TPSA) is 103 Å². The Balaban J connectivity index is 0.987. The average molecular weight is 697 g/mol. The second kappa shape index (κ2) is 14.0. The first-order valence-corrected chi connectivity index (χ1v) is 18.4. The summed E-state index contributed by atoms with van der Waals surface area (Å²) >= 11 is 0. The van der Waals surface area contributed by atoms with Crippen LogP contribution in [0.2, 0.25) is 0 Å². The number of carbonyl (C=O) groups excluding carboxylic acids is 3. The second-order valence-corrected chi connectivity index (χ2v) is 16.0. The third kappa shape index (κ3) is 6.96. The highest BCUT2D eigenvalue weighted by atomic mass is 19.1. The summed E-state index contributed by atoms with van der Waals surface area (Å²) in [6.07, 6.45) is 9.87. The van der Waals surface area contributed by atoms with Gasteiger partial charge in [-0.05, 0) is 91.5 Å². The molecule has 0 aliphatic heterocycles. The summed E-state index contributed by atoms with van der Waals surface area (Å²) in [6, 6.07) is 16.3. The predicted molar refractivity (Wildman–Crippen MR) is 193 cm³/mol. The van der Waals surface area contributed by atoms with Crippen molar-refractivity contribution in [3.05, 3.63) is 83.7 Å². The Morgan fingerprint density at radius 3 is 2.37 bits per heavy atom. The summed E-state index contributed by atoms with van der Waals surface area (Å²) in [5.74, 6) is -1.56. The number of allylic oxidation sites excluding steroid dienone is 1. The van der Waals surface area contributed by atoms with Crippen molar-refractivity contribution in [2.45, 2.75) is 96.9 Å². The number of methoxy groups -OCH3 is 1. The molecule has 0 heterocycles. The Morgan fingerprint density at radius 2 is 1.63 bits per heavy atom. The smallest absolute Gasteiger partial charge is 0.312 e. The first-order chi connectivity index (χ1) is 24.5. The molecule has 2 N–H and O–H groups in total. The Kier molecular flexibility index (Phi) is 9.59. The number of halogens is 1. The van der Waals surface area contributed by atoms with Crippen molar-refractivity contribution in [3.8, 4) is 11.5 Å². The van der Waals surface area contributed by atoms with E-state index in [-0.39, 0.29) is 76.9 Å². The van der Waals surface area contributed by atoms with E-state index in [4.69, 9.17) is 14.2 Å². The van der Waals surface area contributed by atoms with Gasteiger partial charge in [0.15, 0.2) is 11.6 Å². The highest BCUT2D eigenvalue weighted by Gasteiger charge is 2.50. The van der Waals surface area contributed by atoms with E-state index < -0.39 is 17.1 Å². The third-order valence-electron chi connectivity index (χ3n) is 12.2. The van der Waals surface area contributed by atoms with Crippen molar-refractivity contribution in [1.29, 1.82) is 0 Å². The van der Waals surface area contributed by atoms with Crippen molar-refractivity contribution in [3.63, 3.8) is 0 Å². The van der Waals surface area contributed by atoms with Crippen LogP contribution in [0.5, 0.6) is 11.5 Å². The molecule has 8 nitrogen and oxygen atoms in total. The van der Waals surface area contributed by atoms with Crippen LogP contribution in [0.1, 0.15) is 88.1 Å². The monoisotopic (exact) mass is 696 g/mol. The summed E-state index contributed by atoms with van der Waals surface area (Å²) in [4.78, 5) is 40.8. The normalized spacial score (nSPS) is 29.1. The van der Waals surface area contributed by atoms with E-state index in [0.29, 0.717) is 25.7 Å². The molecule has 2 bridgehead atoms. The number of ether oxygens (including phenoxy) is 3. The SMILES string of the molecule is COc1cc(F)c(O[C@H]2CC[C@@](C)(C(=O)OCc3cccc4ccccc34)CC2)cc1C(=O)N[C@H]1[C@@H](C(=O)N[C@@H]2CCCC2(C)C)[C@@H]2C=C[C@H]1C2. The quantitative estimate of drug-likeness (QED) is 0.167. The van der Waals surface area contributed by atoms with Crippen molar-refractivity contribution in [2.24, 2.45) is 28.6 Å². The van der Waals surface area contributed by atoms with Crippen LogP contribution in [0.25, 0.3) is 10.8 Å². The van der Waals surface area contributed by atoms with Crippen LogP contribution in [-0.4, -0.2) is 43.1 Å². The van der Waals surface area contributed by atoms with Crippen LogP contribution in [0, 0.1) is 34.4 Å². The molecule has 0 saturated heterocycles. The number of esters is 1. The van der Waals surface area contributed by atoms with E-state index >= 15 is 4.39 Å². The van der Waals surface area contributed by atoms with Crippen LogP contribution in [-0.2, 0) is 20.9 Å². The molecule has 7 rings (SSSR count). The standard InChI is InChI=1S/C42H49FN2O6/c1-41(2)18-8-13-35(41)44-39(47)36-26-14-15-27(21-26)37(36)45-38(46)31-22-34(32(43)23-33(31)49-4)51-29-16-19-42(3,20-17-29)40(48)50-24-28-11-7-10-25-9-5-6-12-30(25)28/h5-7,9-12,14-15,22-23,26-27,29,35-37H,8,13,16-21,24H2,1-4H3,(H,44,47)(H,45,46)/t26-,27+,29-,35-,36+,37-,42+/m1/s1. The first kappa shape index (κ1) is 35.0. The van der Waals surface area contributed by atoms with E-state index in [2.05, 4.69) is 36.6 Å². The average Bonchev–Trinajstić information content (AvgIpc) is 3.83. The van der Waals surface area contributed by atoms with Gasteiger partial charge >= 0.3 is 5.97 Å². The molecular weight excluding hydrogens is 647 g/mol. The van der Waals surface area contributed by atoms with E-state index in [1.54, 1.807) is 0 Å². The Morgan fingerprint density at radius 1 is 0.882 bits per heavy atom. The van der Waals surface area contributed by atoms with Crippen molar-refractivity contribution in [1.82, 2.24) is 10.6 Å². The highest BCUT2D eigenvalue weighted by molar-refractivity contribution is 5.98. The largest absolute Gasteiger partial charge is 0.496 e. The van der Waals surface area contributed by atoms with Crippen LogP contribution >= 0.6 is 0 Å². The maximum absolute atomic E-state index is 15.4. The minimum atomic E-state index is -0.681. The summed E-state index contributed by atoms with van der Waals surface area (Å²) in [5, 5.41) is 8.59. The van der Waals surface area contributed by atoms with Crippen LogP contribution in [0.4, 0.5) is 4.39 Å². The predicted octanol–water partition coefficient (Wildman–Crippen LogP) is 7.67. The Bertz CT molecular complexity index is 1840. The van der Waals surface area contributed by atoms with Gasteiger partial charge in [-0.15, -0.1) is 0 Å². The molecular formula is C42H49FN2O6. The number of fused-ring (bicyclic) bond motifs is 3. The summed E-state index contributed by atoms with van der Waals surface area (Å²) in [5.41, 5.74) is 0.465. The molecule has 270 valence electrons. The number of amides is 2. The Hall–Kier alpha value is -4.40. The van der Waals surface area contributed by atoms with E-state index in [0.717, 1.165) is 42.0 Å². The van der Waals surface area contributed by atoms with E-state index in [1.165, 1.54) is 19.2 Å². The van der Waals surface area contributed by atoms with Crippen molar-refractivity contribution in [2.75, 3.05) is 7.11 Å². The molecule has 51 heavy (non-hydrogen) atoms. The first-order valence-electron chi connectivity index (χ1n) is 18.4. The number of hydrogen-bond donors (Lipinski definition) is 2. The van der Waals surface area contributed by atoms with Crippen LogP contribution in [0.15, 0.2) is 66.7 Å². The van der Waals surface area contributed by atoms with Gasteiger partial charge in [-0.2, -0.15) is 0 Å². The third-order valence-corrected chi connectivity index (χ3v) is 12.2. The van der Waals surface area contributed by atoms with Crippen LogP contribution < -0.4 is 20.1 Å². The highest BCUT2D eigenvalue weighted by Crippen LogP contribution is 2.45. The van der Waals surface area contributed by atoms with Gasteiger partial charge in [0.1, 0.15) is 12.4 Å². The molecule has 4 aliphatic rings. The fraction of sp³-hybridized carbons (Fsp3) is 0.500. The lowest BCUT2D eigenvalue weighted by Gasteiger charge is -2.35. The van der Waals surface area contributed by atoms with E-state index in [1.807, 2.05) is 49.4 Å². The van der Waals surface area contributed by atoms with Gasteiger partial charge < -0.3 is 24.8 Å². The number of carbonyl (C=O) groups is 3. The number of rotatable bonds is 10. The zero-order chi connectivity index (χ0) is 35.9. The second-order valence-electron chi connectivity index (χ2n) is 16.0. The fourth-order valence-electron chi connectivity index (χ4n) is 8.91. The zero-order valence-electron chi connectivity index (χ0n) is 30.0. The minimum Gasteiger partial charge on any atom is -0.496 e. The summed E-state index contributed by atoms with van der Waals surface area (Å²) in [6.45, 7) is 6.50. The van der Waals surface area contributed by atoms with Gasteiger partial charge in [0, 0.05) is 18.2 Å². The molecule has 0 aromatic heterocycles. The maximum Gasteiger partial charge on any atom is 0.312 e. The maximum atomic E-state index is 15.4. The number of hydrogen-bond acceptors (Lipinski definition) is 6. The van der Waals surface area contributed by atoms with Gasteiger partial charge in [0.05, 0.1) is 30.1 Å². The molecule has 3 aromatic rings. The van der Waals surface area contributed by atoms with Crippen molar-refractivity contribution >= 4 is 28.6 Å². The molecule has 2 amide bonds. The molecule has 3 fully saturated rings. The molecule has 0 spiro atoms. The molecule has 9 heteroatoms. The summed E-state index contributed by atoms with van der Waals surface area (Å²) in [7, 11) is 1.40. The van der Waals surface area contributed by atoms with Crippen LogP contribution in [0.3, 0.4) is 0 Å². The van der Waals surface area contributed by atoms with Crippen molar-refractivity contribution < 1.29 is 33.0 Å². The molecule has 4 aliphatic carbocycles. The minimum absolute atomic E-state index is 0.0195. The zero-order valence-corrected chi connectivity index (χ0v) is 30.0. The Labute approximate surface area is 299 Å².